The molecule has 0 bridgehead atoms. The summed E-state index contributed by atoms with van der Waals surface area (Å²) in [5.74, 6) is 0.775. The SMILES string of the molecule is CC(C)C1=C2C3CCC4[C@@](C)(CCC5C(C)(C)[C@@H](OC(=O)CC(C)(C)C(=O)O)CC[C@@]54C)C3CC[C@@]2(NC(=O)CN2CCC2)CC1=O. The van der Waals surface area contributed by atoms with Gasteiger partial charge in [0.2, 0.25) is 5.91 Å². The monoisotopic (exact) mass is 652 g/mol. The van der Waals surface area contributed by atoms with E-state index in [1.165, 1.54) is 5.57 Å². The first-order chi connectivity index (χ1) is 21.9. The second-order valence-electron chi connectivity index (χ2n) is 18.5. The number of hydrogen-bond acceptors (Lipinski definition) is 6. The fourth-order valence-electron chi connectivity index (χ4n) is 12.3. The number of allylic oxidation sites excluding steroid dienone is 1. The van der Waals surface area contributed by atoms with Gasteiger partial charge in [0.25, 0.3) is 0 Å². The van der Waals surface area contributed by atoms with Crippen molar-refractivity contribution in [3.05, 3.63) is 11.1 Å². The van der Waals surface area contributed by atoms with E-state index in [9.17, 15) is 24.3 Å². The lowest BCUT2D eigenvalue weighted by Crippen LogP contribution is -2.64. The Hall–Kier alpha value is -2.22. The number of ketones is 1. The van der Waals surface area contributed by atoms with E-state index in [4.69, 9.17) is 4.74 Å². The van der Waals surface area contributed by atoms with Crippen LogP contribution in [0.1, 0.15) is 126 Å². The highest BCUT2D eigenvalue weighted by Gasteiger charge is 2.67. The van der Waals surface area contributed by atoms with E-state index < -0.39 is 22.9 Å². The van der Waals surface area contributed by atoms with E-state index in [0.29, 0.717) is 36.6 Å². The van der Waals surface area contributed by atoms with E-state index in [1.54, 1.807) is 13.8 Å². The van der Waals surface area contributed by atoms with E-state index in [0.717, 1.165) is 76.5 Å². The predicted molar refractivity (Wildman–Crippen MR) is 180 cm³/mol. The summed E-state index contributed by atoms with van der Waals surface area (Å²) in [4.78, 5) is 54.0. The van der Waals surface area contributed by atoms with E-state index in [-0.39, 0.29) is 46.4 Å². The van der Waals surface area contributed by atoms with Crippen LogP contribution in [0.25, 0.3) is 0 Å². The van der Waals surface area contributed by atoms with Gasteiger partial charge in [-0.05, 0) is 136 Å². The van der Waals surface area contributed by atoms with E-state index in [2.05, 4.69) is 51.8 Å². The molecular weight excluding hydrogens is 592 g/mol. The first-order valence-corrected chi connectivity index (χ1v) is 18.6. The average Bonchev–Trinajstić information content (AvgIpc) is 3.23. The van der Waals surface area contributed by atoms with Crippen molar-refractivity contribution in [3.63, 3.8) is 0 Å². The van der Waals surface area contributed by atoms with Gasteiger partial charge in [0.1, 0.15) is 6.10 Å². The molecule has 2 N–H and O–H groups in total. The van der Waals surface area contributed by atoms with Crippen molar-refractivity contribution in [2.45, 2.75) is 138 Å². The highest BCUT2D eigenvalue weighted by atomic mass is 16.5. The number of carboxylic acid groups (broad SMARTS) is 1. The van der Waals surface area contributed by atoms with Crippen LogP contribution >= 0.6 is 0 Å². The van der Waals surface area contributed by atoms with Gasteiger partial charge in [-0.3, -0.25) is 24.1 Å². The second-order valence-corrected chi connectivity index (χ2v) is 18.5. The van der Waals surface area contributed by atoms with Gasteiger partial charge < -0.3 is 15.2 Å². The Kier molecular flexibility index (Phi) is 8.62. The Morgan fingerprint density at radius 2 is 1.64 bits per heavy atom. The number of hydrogen-bond donors (Lipinski definition) is 2. The Labute approximate surface area is 282 Å². The van der Waals surface area contributed by atoms with Crippen molar-refractivity contribution >= 4 is 23.6 Å². The van der Waals surface area contributed by atoms with Crippen LogP contribution in [0.2, 0.25) is 0 Å². The van der Waals surface area contributed by atoms with Gasteiger partial charge in [0, 0.05) is 11.8 Å². The molecule has 1 heterocycles. The molecule has 5 fully saturated rings. The zero-order valence-electron chi connectivity index (χ0n) is 30.3. The van der Waals surface area contributed by atoms with Gasteiger partial charge in [0.15, 0.2) is 5.78 Å². The minimum atomic E-state index is -1.15. The maximum atomic E-state index is 13.7. The highest BCUT2D eigenvalue weighted by Crippen LogP contribution is 2.72. The van der Waals surface area contributed by atoms with Gasteiger partial charge in [-0.25, -0.2) is 0 Å². The summed E-state index contributed by atoms with van der Waals surface area (Å²) in [5, 5.41) is 13.1. The number of likely N-dealkylation sites (tertiary alicyclic amines) is 1. The Balaban J connectivity index is 1.24. The topological polar surface area (TPSA) is 113 Å². The van der Waals surface area contributed by atoms with Crippen LogP contribution in [-0.2, 0) is 23.9 Å². The molecule has 5 aliphatic carbocycles. The number of aliphatic carboxylic acids is 1. The Morgan fingerprint density at radius 1 is 0.957 bits per heavy atom. The van der Waals surface area contributed by atoms with Crippen molar-refractivity contribution in [2.24, 2.45) is 51.2 Å². The molecule has 1 aliphatic heterocycles. The van der Waals surface area contributed by atoms with Gasteiger partial charge in [-0.1, -0.05) is 41.5 Å². The number of carboxylic acids is 1. The highest BCUT2D eigenvalue weighted by molar-refractivity contribution is 6.02. The average molecular weight is 653 g/mol. The minimum absolute atomic E-state index is 0.0672. The molecule has 262 valence electrons. The van der Waals surface area contributed by atoms with Gasteiger partial charge in [-0.2, -0.15) is 0 Å². The molecule has 6 aliphatic rings. The van der Waals surface area contributed by atoms with Crippen molar-refractivity contribution in [2.75, 3.05) is 19.6 Å². The fourth-order valence-corrected chi connectivity index (χ4v) is 12.3. The molecule has 0 aromatic rings. The molecule has 8 heteroatoms. The predicted octanol–water partition coefficient (Wildman–Crippen LogP) is 6.56. The van der Waals surface area contributed by atoms with Crippen molar-refractivity contribution < 1.29 is 29.0 Å². The molecule has 1 saturated heterocycles. The summed E-state index contributed by atoms with van der Waals surface area (Å²) in [6.07, 6.45) is 9.23. The normalized spacial score (nSPS) is 39.7. The Bertz CT molecular complexity index is 1360. The van der Waals surface area contributed by atoms with Gasteiger partial charge in [-0.15, -0.1) is 0 Å². The number of carbonyl (C=O) groups is 4. The van der Waals surface area contributed by atoms with E-state index in [1.807, 2.05) is 0 Å². The first-order valence-electron chi connectivity index (χ1n) is 18.6. The van der Waals surface area contributed by atoms with Crippen LogP contribution < -0.4 is 5.32 Å². The fraction of sp³-hybridized carbons (Fsp3) is 0.846. The number of nitrogens with one attached hydrogen (secondary N) is 1. The molecule has 0 radical (unpaired) electrons. The lowest BCUT2D eigenvalue weighted by molar-refractivity contribution is -0.213. The first kappa shape index (κ1) is 34.6. The number of ether oxygens (including phenoxy) is 1. The van der Waals surface area contributed by atoms with Crippen molar-refractivity contribution in [1.29, 1.82) is 0 Å². The van der Waals surface area contributed by atoms with Crippen LogP contribution in [0.15, 0.2) is 11.1 Å². The zero-order valence-corrected chi connectivity index (χ0v) is 30.3. The summed E-state index contributed by atoms with van der Waals surface area (Å²) in [6.45, 7) is 19.4. The number of esters is 1. The quantitative estimate of drug-likeness (QED) is 0.286. The molecule has 4 unspecified atom stereocenters. The lowest BCUT2D eigenvalue weighted by atomic mass is 9.37. The number of rotatable bonds is 8. The van der Waals surface area contributed by atoms with Crippen molar-refractivity contribution in [3.8, 4) is 0 Å². The van der Waals surface area contributed by atoms with Crippen LogP contribution in [0, 0.1) is 51.2 Å². The smallest absolute Gasteiger partial charge is 0.309 e. The summed E-state index contributed by atoms with van der Waals surface area (Å²) < 4.78 is 6.13. The second kappa shape index (κ2) is 11.7. The van der Waals surface area contributed by atoms with Crippen LogP contribution in [0.4, 0.5) is 0 Å². The molecule has 4 saturated carbocycles. The standard InChI is InChI=1S/C39H60N2O6/c1-23(2)32-26(42)20-39(40-30(43)22-41-18-9-19-41)17-12-25-24(33(32)39)10-11-28-37(25,7)15-13-27-36(5,6)29(14-16-38(27,28)8)47-31(44)21-35(3,4)34(45)46/h23-25,27-29H,9-22H2,1-8H3,(H,40,43)(H,45,46)/t24?,25?,27?,28?,29-,37-,38-,39+/m0/s1. The maximum absolute atomic E-state index is 13.7. The zero-order chi connectivity index (χ0) is 34.3. The molecule has 8 atom stereocenters. The number of Topliss-reactive ketones (excluding diaryl/α,β-unsaturated/α-hetero) is 1. The summed E-state index contributed by atoms with van der Waals surface area (Å²) in [5.41, 5.74) is 0.627. The van der Waals surface area contributed by atoms with Crippen molar-refractivity contribution in [1.82, 2.24) is 10.2 Å². The summed E-state index contributed by atoms with van der Waals surface area (Å²) in [6, 6.07) is 0. The van der Waals surface area contributed by atoms with Crippen LogP contribution in [0.5, 0.6) is 0 Å². The molecule has 0 aromatic carbocycles. The maximum Gasteiger partial charge on any atom is 0.309 e. The summed E-state index contributed by atoms with van der Waals surface area (Å²) >= 11 is 0. The number of amides is 1. The molecule has 47 heavy (non-hydrogen) atoms. The molecule has 1 amide bonds. The molecule has 8 nitrogen and oxygen atoms in total. The minimum Gasteiger partial charge on any atom is -0.481 e. The third-order valence-corrected chi connectivity index (χ3v) is 14.7. The van der Waals surface area contributed by atoms with E-state index >= 15 is 0 Å². The third kappa shape index (κ3) is 5.51. The van der Waals surface area contributed by atoms with Gasteiger partial charge >= 0.3 is 11.9 Å². The molecule has 0 aromatic heterocycles. The number of carbonyl (C=O) groups excluding carboxylic acids is 3. The number of fused-ring (bicyclic) bond motifs is 7. The van der Waals surface area contributed by atoms with Gasteiger partial charge in [0.05, 0.1) is 23.9 Å². The molecule has 6 rings (SSSR count). The largest absolute Gasteiger partial charge is 0.481 e. The van der Waals surface area contributed by atoms with Crippen LogP contribution in [-0.4, -0.2) is 64.9 Å². The Morgan fingerprint density at radius 3 is 2.26 bits per heavy atom. The summed E-state index contributed by atoms with van der Waals surface area (Å²) in [7, 11) is 0. The third-order valence-electron chi connectivity index (χ3n) is 14.7. The number of nitrogens with zero attached hydrogens (tertiary/aromatic N) is 1. The molecule has 0 spiro atoms. The van der Waals surface area contributed by atoms with Crippen LogP contribution in [0.3, 0.4) is 0 Å². The molecular formula is C39H60N2O6. The lowest BCUT2D eigenvalue weighted by Gasteiger charge is -2.68.